The number of nitrogens with one attached hydrogen (secondary N) is 1. The summed E-state index contributed by atoms with van der Waals surface area (Å²) in [5.74, 6) is -0.0721. The Morgan fingerprint density at radius 3 is 2.95 bits per heavy atom. The van der Waals surface area contributed by atoms with E-state index in [0.717, 1.165) is 6.42 Å². The second-order valence-corrected chi connectivity index (χ2v) is 5.44. The van der Waals surface area contributed by atoms with Crippen LogP contribution < -0.4 is 10.2 Å². The Morgan fingerprint density at radius 2 is 2.32 bits per heavy atom. The first kappa shape index (κ1) is 13.8. The lowest BCUT2D eigenvalue weighted by Crippen LogP contribution is -2.35. The van der Waals surface area contributed by atoms with Crippen LogP contribution in [0, 0.1) is 10.1 Å². The van der Waals surface area contributed by atoms with Crippen LogP contribution in [0.5, 0.6) is 0 Å². The summed E-state index contributed by atoms with van der Waals surface area (Å²) in [5, 5.41) is 13.9. The van der Waals surface area contributed by atoms with Gasteiger partial charge in [0.25, 0.3) is 5.69 Å². The Bertz CT molecular complexity index is 521. The van der Waals surface area contributed by atoms with Gasteiger partial charge in [-0.1, -0.05) is 15.9 Å². The SMILES string of the molecule is CC(=O)NC1CCN(c2ccc(Br)cc2[N+](=O)[O-])C1. The van der Waals surface area contributed by atoms with Gasteiger partial charge in [0.1, 0.15) is 5.69 Å². The third-order valence-electron chi connectivity index (χ3n) is 3.07. The molecule has 0 aliphatic carbocycles. The summed E-state index contributed by atoms with van der Waals surface area (Å²) in [6.45, 7) is 2.78. The number of hydrogen-bond donors (Lipinski definition) is 1. The van der Waals surface area contributed by atoms with Gasteiger partial charge in [-0.15, -0.1) is 0 Å². The molecular weight excluding hydrogens is 314 g/mol. The van der Waals surface area contributed by atoms with E-state index in [4.69, 9.17) is 0 Å². The molecule has 1 unspecified atom stereocenters. The molecule has 0 aromatic heterocycles. The zero-order valence-electron chi connectivity index (χ0n) is 10.4. The van der Waals surface area contributed by atoms with Gasteiger partial charge in [0, 0.05) is 36.6 Å². The second kappa shape index (κ2) is 5.56. The molecule has 1 amide bonds. The fourth-order valence-corrected chi connectivity index (χ4v) is 2.64. The number of nitro groups is 1. The quantitative estimate of drug-likeness (QED) is 0.681. The maximum absolute atomic E-state index is 11.1. The molecule has 7 heteroatoms. The van der Waals surface area contributed by atoms with Crippen molar-refractivity contribution in [3.05, 3.63) is 32.8 Å². The number of halogens is 1. The molecule has 1 atom stereocenters. The van der Waals surface area contributed by atoms with Gasteiger partial charge in [0.05, 0.1) is 4.92 Å². The maximum Gasteiger partial charge on any atom is 0.293 e. The summed E-state index contributed by atoms with van der Waals surface area (Å²) in [4.78, 5) is 23.6. The highest BCUT2D eigenvalue weighted by molar-refractivity contribution is 9.10. The zero-order valence-corrected chi connectivity index (χ0v) is 12.0. The van der Waals surface area contributed by atoms with Crippen LogP contribution >= 0.6 is 15.9 Å². The standard InChI is InChI=1S/C12H14BrN3O3/c1-8(17)14-10-4-5-15(7-10)11-3-2-9(13)6-12(11)16(18)19/h2-3,6,10H,4-5,7H2,1H3,(H,14,17). The maximum atomic E-state index is 11.1. The Hall–Kier alpha value is -1.63. The minimum absolute atomic E-state index is 0.0563. The molecule has 0 saturated carbocycles. The molecule has 1 aliphatic heterocycles. The van der Waals surface area contributed by atoms with Crippen molar-refractivity contribution in [2.24, 2.45) is 0 Å². The first-order chi connectivity index (χ1) is 8.97. The molecule has 1 heterocycles. The van der Waals surface area contributed by atoms with Gasteiger partial charge in [0.15, 0.2) is 0 Å². The van der Waals surface area contributed by atoms with Crippen molar-refractivity contribution in [1.82, 2.24) is 5.32 Å². The van der Waals surface area contributed by atoms with E-state index in [0.29, 0.717) is 23.2 Å². The first-order valence-corrected chi connectivity index (χ1v) is 6.72. The molecule has 2 rings (SSSR count). The molecule has 6 nitrogen and oxygen atoms in total. The summed E-state index contributed by atoms with van der Waals surface area (Å²) < 4.78 is 0.681. The van der Waals surface area contributed by atoms with E-state index in [1.165, 1.54) is 13.0 Å². The number of benzene rings is 1. The van der Waals surface area contributed by atoms with E-state index in [2.05, 4.69) is 21.2 Å². The number of amides is 1. The lowest BCUT2D eigenvalue weighted by Gasteiger charge is -2.18. The van der Waals surface area contributed by atoms with Gasteiger partial charge in [-0.3, -0.25) is 14.9 Å². The highest BCUT2D eigenvalue weighted by Crippen LogP contribution is 2.33. The van der Waals surface area contributed by atoms with Crippen molar-refractivity contribution in [1.29, 1.82) is 0 Å². The molecule has 0 spiro atoms. The third kappa shape index (κ3) is 3.23. The van der Waals surface area contributed by atoms with Crippen LogP contribution in [-0.4, -0.2) is 30.0 Å². The number of anilines is 1. The van der Waals surface area contributed by atoms with Gasteiger partial charge in [-0.25, -0.2) is 0 Å². The Morgan fingerprint density at radius 1 is 1.58 bits per heavy atom. The normalized spacial score (nSPS) is 18.4. The summed E-state index contributed by atoms with van der Waals surface area (Å²) in [6.07, 6.45) is 0.798. The van der Waals surface area contributed by atoms with E-state index in [1.807, 2.05) is 4.90 Å². The molecule has 1 saturated heterocycles. The minimum Gasteiger partial charge on any atom is -0.364 e. The van der Waals surface area contributed by atoms with Crippen LogP contribution in [-0.2, 0) is 4.79 Å². The number of hydrogen-bond acceptors (Lipinski definition) is 4. The average Bonchev–Trinajstić information content (AvgIpc) is 2.76. The number of nitrogens with zero attached hydrogens (tertiary/aromatic N) is 2. The Balaban J connectivity index is 2.19. The summed E-state index contributed by atoms with van der Waals surface area (Å²) >= 11 is 3.24. The molecule has 102 valence electrons. The topological polar surface area (TPSA) is 75.5 Å². The van der Waals surface area contributed by atoms with Gasteiger partial charge in [-0.2, -0.15) is 0 Å². The van der Waals surface area contributed by atoms with E-state index in [-0.39, 0.29) is 22.6 Å². The molecule has 1 fully saturated rings. The molecular formula is C12H14BrN3O3. The van der Waals surface area contributed by atoms with Crippen molar-refractivity contribution >= 4 is 33.2 Å². The van der Waals surface area contributed by atoms with Crippen LogP contribution in [0.15, 0.2) is 22.7 Å². The van der Waals surface area contributed by atoms with Crippen molar-refractivity contribution in [2.75, 3.05) is 18.0 Å². The van der Waals surface area contributed by atoms with Crippen LogP contribution in [0.2, 0.25) is 0 Å². The average molecular weight is 328 g/mol. The van der Waals surface area contributed by atoms with Crippen LogP contribution in [0.1, 0.15) is 13.3 Å². The molecule has 1 aromatic carbocycles. The highest BCUT2D eigenvalue weighted by Gasteiger charge is 2.27. The van der Waals surface area contributed by atoms with Crippen molar-refractivity contribution in [3.8, 4) is 0 Å². The van der Waals surface area contributed by atoms with Crippen LogP contribution in [0.3, 0.4) is 0 Å². The Labute approximate surface area is 119 Å². The third-order valence-corrected chi connectivity index (χ3v) is 3.56. The van der Waals surface area contributed by atoms with Crippen LogP contribution in [0.4, 0.5) is 11.4 Å². The number of rotatable bonds is 3. The van der Waals surface area contributed by atoms with Gasteiger partial charge >= 0.3 is 0 Å². The van der Waals surface area contributed by atoms with Crippen molar-refractivity contribution in [3.63, 3.8) is 0 Å². The highest BCUT2D eigenvalue weighted by atomic mass is 79.9. The second-order valence-electron chi connectivity index (χ2n) is 4.52. The van der Waals surface area contributed by atoms with E-state index in [9.17, 15) is 14.9 Å². The monoisotopic (exact) mass is 327 g/mol. The van der Waals surface area contributed by atoms with Crippen molar-refractivity contribution < 1.29 is 9.72 Å². The lowest BCUT2D eigenvalue weighted by atomic mass is 10.2. The summed E-state index contributed by atoms with van der Waals surface area (Å²) in [5.41, 5.74) is 0.680. The minimum atomic E-state index is -0.383. The van der Waals surface area contributed by atoms with Crippen LogP contribution in [0.25, 0.3) is 0 Å². The van der Waals surface area contributed by atoms with E-state index < -0.39 is 0 Å². The fourth-order valence-electron chi connectivity index (χ4n) is 2.29. The van der Waals surface area contributed by atoms with Crippen molar-refractivity contribution in [2.45, 2.75) is 19.4 Å². The number of carbonyl (C=O) groups excluding carboxylic acids is 1. The molecule has 19 heavy (non-hydrogen) atoms. The zero-order chi connectivity index (χ0) is 14.0. The van der Waals surface area contributed by atoms with Gasteiger partial charge in [0.2, 0.25) is 5.91 Å². The first-order valence-electron chi connectivity index (χ1n) is 5.93. The van der Waals surface area contributed by atoms with Gasteiger partial charge < -0.3 is 10.2 Å². The predicted molar refractivity (Wildman–Crippen MR) is 75.2 cm³/mol. The van der Waals surface area contributed by atoms with E-state index in [1.54, 1.807) is 12.1 Å². The summed E-state index contributed by atoms with van der Waals surface area (Å²) in [6, 6.07) is 5.08. The summed E-state index contributed by atoms with van der Waals surface area (Å²) in [7, 11) is 0. The molecule has 1 aromatic rings. The predicted octanol–water partition coefficient (Wildman–Crippen LogP) is 2.07. The van der Waals surface area contributed by atoms with E-state index >= 15 is 0 Å². The molecule has 1 N–H and O–H groups in total. The molecule has 0 radical (unpaired) electrons. The Kier molecular flexibility index (Phi) is 4.04. The number of nitro benzene ring substituents is 1. The largest absolute Gasteiger partial charge is 0.364 e. The lowest BCUT2D eigenvalue weighted by molar-refractivity contribution is -0.384. The number of carbonyl (C=O) groups is 1. The fraction of sp³-hybridized carbons (Fsp3) is 0.417. The molecule has 1 aliphatic rings. The smallest absolute Gasteiger partial charge is 0.293 e. The molecule has 0 bridgehead atoms. The van der Waals surface area contributed by atoms with Gasteiger partial charge in [-0.05, 0) is 18.6 Å².